The van der Waals surface area contributed by atoms with Gasteiger partial charge in [-0.1, -0.05) is 17.7 Å². The largest absolute Gasteiger partial charge is 0.463 e. The summed E-state index contributed by atoms with van der Waals surface area (Å²) in [4.78, 5) is 11.3. The van der Waals surface area contributed by atoms with Crippen LogP contribution in [0.5, 0.6) is 0 Å². The molecule has 4 nitrogen and oxygen atoms in total. The molecule has 1 aromatic heterocycles. The van der Waals surface area contributed by atoms with E-state index in [1.165, 1.54) is 7.11 Å². The fourth-order valence-electron chi connectivity index (χ4n) is 1.87. The molecule has 0 saturated heterocycles. The number of methoxy groups -OCH3 is 1. The number of furan rings is 1. The Morgan fingerprint density at radius 2 is 2.11 bits per heavy atom. The first-order chi connectivity index (χ1) is 9.02. The quantitative estimate of drug-likeness (QED) is 0.877. The zero-order chi connectivity index (χ0) is 14.0. The zero-order valence-corrected chi connectivity index (χ0v) is 11.4. The molecule has 19 heavy (non-hydrogen) atoms. The summed E-state index contributed by atoms with van der Waals surface area (Å²) in [5.41, 5.74) is 8.00. The molecule has 0 saturated carbocycles. The SMILES string of the molecule is COC(=O)c1ccc(C(N)c2ccc(Cl)cc2C)o1. The first-order valence-corrected chi connectivity index (χ1v) is 6.10. The van der Waals surface area contributed by atoms with Crippen LogP contribution in [0.1, 0.15) is 33.5 Å². The van der Waals surface area contributed by atoms with Gasteiger partial charge in [0.15, 0.2) is 0 Å². The summed E-state index contributed by atoms with van der Waals surface area (Å²) in [5.74, 6) is 0.122. The second-order valence-corrected chi connectivity index (χ2v) is 4.61. The van der Waals surface area contributed by atoms with Crippen molar-refractivity contribution in [3.8, 4) is 0 Å². The number of carbonyl (C=O) groups excluding carboxylic acids is 1. The number of halogens is 1. The molecule has 0 aliphatic heterocycles. The van der Waals surface area contributed by atoms with Gasteiger partial charge in [0.25, 0.3) is 0 Å². The fraction of sp³-hybridized carbons (Fsp3) is 0.214. The van der Waals surface area contributed by atoms with Crippen LogP contribution in [0.2, 0.25) is 5.02 Å². The Morgan fingerprint density at radius 3 is 2.74 bits per heavy atom. The Labute approximate surface area is 116 Å². The van der Waals surface area contributed by atoms with Gasteiger partial charge in [-0.2, -0.15) is 0 Å². The molecule has 1 unspecified atom stereocenters. The Balaban J connectivity index is 2.31. The summed E-state index contributed by atoms with van der Waals surface area (Å²) >= 11 is 5.91. The Bertz CT molecular complexity index is 606. The molecule has 0 aliphatic carbocycles. The second-order valence-electron chi connectivity index (χ2n) is 4.17. The van der Waals surface area contributed by atoms with E-state index in [-0.39, 0.29) is 5.76 Å². The predicted octanol–water partition coefficient (Wildman–Crippen LogP) is 3.08. The van der Waals surface area contributed by atoms with Crippen molar-refractivity contribution in [1.29, 1.82) is 0 Å². The molecular weight excluding hydrogens is 266 g/mol. The fourth-order valence-corrected chi connectivity index (χ4v) is 2.10. The number of nitrogens with two attached hydrogens (primary N) is 1. The second kappa shape index (κ2) is 5.47. The lowest BCUT2D eigenvalue weighted by Gasteiger charge is -2.12. The Hall–Kier alpha value is -1.78. The maximum atomic E-state index is 11.3. The van der Waals surface area contributed by atoms with Gasteiger partial charge in [-0.3, -0.25) is 0 Å². The Kier molecular flexibility index (Phi) is 3.93. The van der Waals surface area contributed by atoms with Gasteiger partial charge in [0.05, 0.1) is 13.2 Å². The van der Waals surface area contributed by atoms with E-state index in [0.717, 1.165) is 11.1 Å². The van der Waals surface area contributed by atoms with Gasteiger partial charge in [0.2, 0.25) is 5.76 Å². The standard InChI is InChI=1S/C14H14ClNO3/c1-8-7-9(15)3-4-10(8)13(16)11-5-6-12(19-11)14(17)18-2/h3-7,13H,16H2,1-2H3. The molecule has 1 atom stereocenters. The summed E-state index contributed by atoms with van der Waals surface area (Å²) < 4.78 is 9.99. The topological polar surface area (TPSA) is 65.5 Å². The van der Waals surface area contributed by atoms with Gasteiger partial charge >= 0.3 is 5.97 Å². The van der Waals surface area contributed by atoms with Crippen LogP contribution in [-0.4, -0.2) is 13.1 Å². The smallest absolute Gasteiger partial charge is 0.373 e. The number of esters is 1. The molecule has 5 heteroatoms. The van der Waals surface area contributed by atoms with Crippen molar-refractivity contribution in [2.45, 2.75) is 13.0 Å². The minimum Gasteiger partial charge on any atom is -0.463 e. The number of benzene rings is 1. The van der Waals surface area contributed by atoms with Crippen LogP contribution in [0.3, 0.4) is 0 Å². The summed E-state index contributed by atoms with van der Waals surface area (Å²) in [6.45, 7) is 1.92. The van der Waals surface area contributed by atoms with Crippen molar-refractivity contribution < 1.29 is 13.9 Å². The molecule has 0 bridgehead atoms. The molecular formula is C14H14ClNO3. The van der Waals surface area contributed by atoms with E-state index in [2.05, 4.69) is 4.74 Å². The molecule has 0 radical (unpaired) electrons. The molecule has 100 valence electrons. The number of hydrogen-bond acceptors (Lipinski definition) is 4. The zero-order valence-electron chi connectivity index (χ0n) is 10.6. The minimum atomic E-state index is -0.522. The van der Waals surface area contributed by atoms with E-state index >= 15 is 0 Å². The molecule has 0 spiro atoms. The van der Waals surface area contributed by atoms with E-state index in [9.17, 15) is 4.79 Å². The third kappa shape index (κ3) is 2.80. The van der Waals surface area contributed by atoms with Crippen LogP contribution < -0.4 is 5.73 Å². The molecule has 0 aliphatic rings. The van der Waals surface area contributed by atoms with Crippen LogP contribution >= 0.6 is 11.6 Å². The summed E-state index contributed by atoms with van der Waals surface area (Å²) in [6.07, 6.45) is 0. The van der Waals surface area contributed by atoms with Crippen molar-refractivity contribution in [3.63, 3.8) is 0 Å². The average molecular weight is 280 g/mol. The van der Waals surface area contributed by atoms with Crippen LogP contribution in [0.15, 0.2) is 34.7 Å². The van der Waals surface area contributed by atoms with Gasteiger partial charge < -0.3 is 14.9 Å². The highest BCUT2D eigenvalue weighted by Crippen LogP contribution is 2.26. The van der Waals surface area contributed by atoms with E-state index in [1.54, 1.807) is 18.2 Å². The monoisotopic (exact) mass is 279 g/mol. The minimum absolute atomic E-state index is 0.138. The molecule has 2 N–H and O–H groups in total. The summed E-state index contributed by atoms with van der Waals surface area (Å²) in [6, 6.07) is 8.23. The van der Waals surface area contributed by atoms with Crippen molar-refractivity contribution >= 4 is 17.6 Å². The van der Waals surface area contributed by atoms with Crippen LogP contribution in [0.25, 0.3) is 0 Å². The van der Waals surface area contributed by atoms with Crippen LogP contribution in [0.4, 0.5) is 0 Å². The highest BCUT2D eigenvalue weighted by Gasteiger charge is 2.18. The first kappa shape index (κ1) is 13.6. The molecule has 0 fully saturated rings. The van der Waals surface area contributed by atoms with Crippen molar-refractivity contribution in [2.75, 3.05) is 7.11 Å². The first-order valence-electron chi connectivity index (χ1n) is 5.72. The van der Waals surface area contributed by atoms with Gasteiger partial charge in [-0.15, -0.1) is 0 Å². The average Bonchev–Trinajstić information content (AvgIpc) is 2.86. The van der Waals surface area contributed by atoms with E-state index in [4.69, 9.17) is 21.8 Å². The molecule has 2 aromatic rings. The molecule has 2 rings (SSSR count). The number of rotatable bonds is 3. The lowest BCUT2D eigenvalue weighted by atomic mass is 10.0. The highest BCUT2D eigenvalue weighted by molar-refractivity contribution is 6.30. The summed E-state index contributed by atoms with van der Waals surface area (Å²) in [7, 11) is 1.30. The lowest BCUT2D eigenvalue weighted by molar-refractivity contribution is 0.0562. The van der Waals surface area contributed by atoms with Crippen LogP contribution in [-0.2, 0) is 4.74 Å². The van der Waals surface area contributed by atoms with Crippen molar-refractivity contribution in [2.24, 2.45) is 5.73 Å². The maximum Gasteiger partial charge on any atom is 0.373 e. The van der Waals surface area contributed by atoms with E-state index < -0.39 is 12.0 Å². The third-order valence-electron chi connectivity index (χ3n) is 2.89. The van der Waals surface area contributed by atoms with Gasteiger partial charge in [0, 0.05) is 5.02 Å². The molecule has 1 aromatic carbocycles. The van der Waals surface area contributed by atoms with Gasteiger partial charge in [-0.25, -0.2) is 4.79 Å². The maximum absolute atomic E-state index is 11.3. The van der Waals surface area contributed by atoms with Gasteiger partial charge in [0.1, 0.15) is 5.76 Å². The van der Waals surface area contributed by atoms with Crippen LogP contribution in [0, 0.1) is 6.92 Å². The number of ether oxygens (including phenoxy) is 1. The van der Waals surface area contributed by atoms with Gasteiger partial charge in [-0.05, 0) is 42.3 Å². The summed E-state index contributed by atoms with van der Waals surface area (Å²) in [5, 5.41) is 0.656. The highest BCUT2D eigenvalue weighted by atomic mass is 35.5. The predicted molar refractivity (Wildman–Crippen MR) is 72.3 cm³/mol. The lowest BCUT2D eigenvalue weighted by Crippen LogP contribution is -2.12. The third-order valence-corrected chi connectivity index (χ3v) is 3.12. The van der Waals surface area contributed by atoms with E-state index in [1.807, 2.05) is 19.1 Å². The van der Waals surface area contributed by atoms with E-state index in [0.29, 0.717) is 10.8 Å². The molecule has 1 heterocycles. The number of hydrogen-bond donors (Lipinski definition) is 1. The van der Waals surface area contributed by atoms with Crippen molar-refractivity contribution in [3.05, 3.63) is 58.0 Å². The molecule has 0 amide bonds. The number of aryl methyl sites for hydroxylation is 1. The van der Waals surface area contributed by atoms with Crippen molar-refractivity contribution in [1.82, 2.24) is 0 Å². The number of carbonyl (C=O) groups is 1. The normalized spacial score (nSPS) is 12.2. The Morgan fingerprint density at radius 1 is 1.37 bits per heavy atom.